The fourth-order valence-electron chi connectivity index (χ4n) is 3.27. The number of hydrogen-bond donors (Lipinski definition) is 1. The zero-order valence-electron chi connectivity index (χ0n) is 16.9. The Morgan fingerprint density at radius 2 is 1.84 bits per heavy atom. The number of amides is 1. The van der Waals surface area contributed by atoms with Gasteiger partial charge < -0.3 is 10.1 Å². The smallest absolute Gasteiger partial charge is 0.259 e. The molecule has 0 aliphatic carbocycles. The first kappa shape index (κ1) is 19.9. The van der Waals surface area contributed by atoms with Crippen LogP contribution in [0.5, 0.6) is 5.75 Å². The number of hydrogen-bond acceptors (Lipinski definition) is 4. The number of nitrogens with one attached hydrogen (secondary N) is 1. The molecule has 0 spiro atoms. The van der Waals surface area contributed by atoms with Gasteiger partial charge in [0.05, 0.1) is 30.9 Å². The van der Waals surface area contributed by atoms with E-state index < -0.39 is 0 Å². The standard InChI is InChI=1S/C25H20N4O2/c1-31-22-12-10-20(11-13-22)24-23(17-29(28-24)16-18-6-3-2-4-7-18)25(30)27-21-9-5-8-19(14-21)15-26/h2-14,17H,16H2,1H3,(H,27,30). The van der Waals surface area contributed by atoms with E-state index in [-0.39, 0.29) is 5.91 Å². The number of aromatic nitrogens is 2. The molecule has 1 aromatic heterocycles. The molecule has 0 saturated heterocycles. The highest BCUT2D eigenvalue weighted by Crippen LogP contribution is 2.26. The predicted octanol–water partition coefficient (Wildman–Crippen LogP) is 4.73. The van der Waals surface area contributed by atoms with Crippen LogP contribution in [0.1, 0.15) is 21.5 Å². The third kappa shape index (κ3) is 4.62. The lowest BCUT2D eigenvalue weighted by molar-refractivity contribution is 0.102. The first-order valence-electron chi connectivity index (χ1n) is 9.73. The van der Waals surface area contributed by atoms with Crippen LogP contribution in [0, 0.1) is 11.3 Å². The summed E-state index contributed by atoms with van der Waals surface area (Å²) in [6.07, 6.45) is 1.75. The van der Waals surface area contributed by atoms with Gasteiger partial charge in [-0.2, -0.15) is 10.4 Å². The normalized spacial score (nSPS) is 10.3. The molecule has 0 radical (unpaired) electrons. The molecule has 0 atom stereocenters. The molecule has 152 valence electrons. The molecule has 0 saturated carbocycles. The number of benzene rings is 3. The summed E-state index contributed by atoms with van der Waals surface area (Å²) in [6, 6.07) is 26.3. The fraction of sp³-hybridized carbons (Fsp3) is 0.0800. The van der Waals surface area contributed by atoms with Gasteiger partial charge in [-0.3, -0.25) is 9.48 Å². The molecule has 1 amide bonds. The Balaban J connectivity index is 1.69. The molecule has 0 aliphatic rings. The Labute approximate surface area is 180 Å². The van der Waals surface area contributed by atoms with Gasteiger partial charge in [0.25, 0.3) is 5.91 Å². The van der Waals surface area contributed by atoms with Crippen molar-refractivity contribution >= 4 is 11.6 Å². The van der Waals surface area contributed by atoms with Crippen LogP contribution in [-0.4, -0.2) is 22.8 Å². The second kappa shape index (κ2) is 8.97. The zero-order chi connectivity index (χ0) is 21.6. The summed E-state index contributed by atoms with van der Waals surface area (Å²) in [6.45, 7) is 0.543. The van der Waals surface area contributed by atoms with Gasteiger partial charge in [0.15, 0.2) is 0 Å². The third-order valence-electron chi connectivity index (χ3n) is 4.81. The maximum atomic E-state index is 13.1. The summed E-state index contributed by atoms with van der Waals surface area (Å²) in [4.78, 5) is 13.1. The summed E-state index contributed by atoms with van der Waals surface area (Å²) in [5.74, 6) is 0.437. The molecule has 4 aromatic rings. The van der Waals surface area contributed by atoms with Crippen molar-refractivity contribution in [1.82, 2.24) is 9.78 Å². The van der Waals surface area contributed by atoms with Crippen LogP contribution in [0.3, 0.4) is 0 Å². The Morgan fingerprint density at radius 3 is 2.55 bits per heavy atom. The van der Waals surface area contributed by atoms with Crippen molar-refractivity contribution in [2.24, 2.45) is 0 Å². The van der Waals surface area contributed by atoms with E-state index in [0.29, 0.717) is 29.1 Å². The van der Waals surface area contributed by atoms with Gasteiger partial charge >= 0.3 is 0 Å². The van der Waals surface area contributed by atoms with Crippen LogP contribution in [0.2, 0.25) is 0 Å². The third-order valence-corrected chi connectivity index (χ3v) is 4.81. The summed E-state index contributed by atoms with van der Waals surface area (Å²) in [5, 5.41) is 16.7. The minimum Gasteiger partial charge on any atom is -0.497 e. The molecule has 6 heteroatoms. The molecule has 31 heavy (non-hydrogen) atoms. The van der Waals surface area contributed by atoms with E-state index in [1.54, 1.807) is 42.3 Å². The Morgan fingerprint density at radius 1 is 1.06 bits per heavy atom. The Kier molecular flexibility index (Phi) is 5.77. The number of rotatable bonds is 6. The quantitative estimate of drug-likeness (QED) is 0.500. The topological polar surface area (TPSA) is 79.9 Å². The average Bonchev–Trinajstić information content (AvgIpc) is 3.24. The van der Waals surface area contributed by atoms with Crippen LogP contribution >= 0.6 is 0 Å². The van der Waals surface area contributed by atoms with E-state index >= 15 is 0 Å². The van der Waals surface area contributed by atoms with Crippen molar-refractivity contribution in [3.8, 4) is 23.1 Å². The number of nitrogens with zero attached hydrogens (tertiary/aromatic N) is 3. The maximum absolute atomic E-state index is 13.1. The Hall–Kier alpha value is -4.37. The highest BCUT2D eigenvalue weighted by atomic mass is 16.5. The van der Waals surface area contributed by atoms with Gasteiger partial charge in [0, 0.05) is 17.4 Å². The minimum absolute atomic E-state index is 0.291. The molecule has 1 N–H and O–H groups in total. The van der Waals surface area contributed by atoms with E-state index in [0.717, 1.165) is 16.9 Å². The molecule has 3 aromatic carbocycles. The van der Waals surface area contributed by atoms with Crippen LogP contribution in [-0.2, 0) is 6.54 Å². The molecular weight excluding hydrogens is 388 g/mol. The number of anilines is 1. The van der Waals surface area contributed by atoms with Crippen LogP contribution in [0.15, 0.2) is 85.1 Å². The Bertz CT molecular complexity index is 1240. The number of carbonyl (C=O) groups is 1. The number of carbonyl (C=O) groups excluding carboxylic acids is 1. The lowest BCUT2D eigenvalue weighted by Gasteiger charge is -2.06. The summed E-state index contributed by atoms with van der Waals surface area (Å²) >= 11 is 0. The van der Waals surface area contributed by atoms with Crippen molar-refractivity contribution < 1.29 is 9.53 Å². The van der Waals surface area contributed by atoms with Crippen molar-refractivity contribution in [2.75, 3.05) is 12.4 Å². The highest BCUT2D eigenvalue weighted by Gasteiger charge is 2.19. The molecule has 0 aliphatic heterocycles. The van der Waals surface area contributed by atoms with Crippen molar-refractivity contribution in [3.05, 3.63) is 102 Å². The van der Waals surface area contributed by atoms with Gasteiger partial charge in [-0.05, 0) is 48.0 Å². The van der Waals surface area contributed by atoms with E-state index in [9.17, 15) is 4.79 Å². The van der Waals surface area contributed by atoms with Gasteiger partial charge in [-0.25, -0.2) is 0 Å². The summed E-state index contributed by atoms with van der Waals surface area (Å²) < 4.78 is 7.00. The summed E-state index contributed by atoms with van der Waals surface area (Å²) in [7, 11) is 1.61. The van der Waals surface area contributed by atoms with E-state index in [4.69, 9.17) is 15.1 Å². The lowest BCUT2D eigenvalue weighted by Crippen LogP contribution is -2.12. The molecule has 0 fully saturated rings. The molecule has 0 unspecified atom stereocenters. The number of ether oxygens (including phenoxy) is 1. The maximum Gasteiger partial charge on any atom is 0.259 e. The number of nitriles is 1. The van der Waals surface area contributed by atoms with E-state index in [2.05, 4.69) is 11.4 Å². The van der Waals surface area contributed by atoms with Gasteiger partial charge in [-0.1, -0.05) is 36.4 Å². The van der Waals surface area contributed by atoms with Crippen LogP contribution < -0.4 is 10.1 Å². The van der Waals surface area contributed by atoms with E-state index in [1.165, 1.54) is 0 Å². The molecule has 1 heterocycles. The fourth-order valence-corrected chi connectivity index (χ4v) is 3.27. The average molecular weight is 408 g/mol. The molecule has 6 nitrogen and oxygen atoms in total. The molecule has 4 rings (SSSR count). The first-order chi connectivity index (χ1) is 15.2. The second-order valence-electron chi connectivity index (χ2n) is 6.95. The van der Waals surface area contributed by atoms with Gasteiger partial charge in [-0.15, -0.1) is 0 Å². The predicted molar refractivity (Wildman–Crippen MR) is 119 cm³/mol. The van der Waals surface area contributed by atoms with Crippen molar-refractivity contribution in [3.63, 3.8) is 0 Å². The molecular formula is C25H20N4O2. The second-order valence-corrected chi connectivity index (χ2v) is 6.95. The zero-order valence-corrected chi connectivity index (χ0v) is 16.9. The SMILES string of the molecule is COc1ccc(-c2nn(Cc3ccccc3)cc2C(=O)Nc2cccc(C#N)c2)cc1. The van der Waals surface area contributed by atoms with Crippen LogP contribution in [0.4, 0.5) is 5.69 Å². The minimum atomic E-state index is -0.291. The largest absolute Gasteiger partial charge is 0.497 e. The lowest BCUT2D eigenvalue weighted by atomic mass is 10.1. The highest BCUT2D eigenvalue weighted by molar-refractivity contribution is 6.08. The van der Waals surface area contributed by atoms with Crippen LogP contribution in [0.25, 0.3) is 11.3 Å². The van der Waals surface area contributed by atoms with Gasteiger partial charge in [0.2, 0.25) is 0 Å². The van der Waals surface area contributed by atoms with E-state index in [1.807, 2.05) is 54.6 Å². The monoisotopic (exact) mass is 408 g/mol. The van der Waals surface area contributed by atoms with Crippen molar-refractivity contribution in [2.45, 2.75) is 6.54 Å². The molecule has 0 bridgehead atoms. The van der Waals surface area contributed by atoms with Gasteiger partial charge in [0.1, 0.15) is 11.4 Å². The van der Waals surface area contributed by atoms with Crippen molar-refractivity contribution in [1.29, 1.82) is 5.26 Å². The first-order valence-corrected chi connectivity index (χ1v) is 9.73. The summed E-state index contributed by atoms with van der Waals surface area (Å²) in [5.41, 5.74) is 3.95. The number of methoxy groups -OCH3 is 1.